The van der Waals surface area contributed by atoms with Gasteiger partial charge in [0.25, 0.3) is 0 Å². The molecule has 1 atom stereocenters. The third-order valence-electron chi connectivity index (χ3n) is 3.05. The molecule has 3 heteroatoms. The lowest BCUT2D eigenvalue weighted by molar-refractivity contribution is -0.0736. The lowest BCUT2D eigenvalue weighted by Crippen LogP contribution is -2.42. The maximum atomic E-state index is 6.09. The lowest BCUT2D eigenvalue weighted by atomic mass is 9.99. The van der Waals surface area contributed by atoms with E-state index in [4.69, 9.17) is 10.5 Å². The largest absolute Gasteiger partial charge is 0.357 e. The van der Waals surface area contributed by atoms with Crippen LogP contribution in [0.15, 0.2) is 18.2 Å². The van der Waals surface area contributed by atoms with Crippen molar-refractivity contribution in [3.05, 3.63) is 34.9 Å². The maximum Gasteiger partial charge on any atom is 0.112 e. The van der Waals surface area contributed by atoms with Gasteiger partial charge in [-0.1, -0.05) is 18.2 Å². The molecule has 0 aliphatic carbocycles. The number of hydrogen-bond donors (Lipinski definition) is 2. The second-order valence-corrected chi connectivity index (χ2v) is 6.04. The van der Waals surface area contributed by atoms with Crippen LogP contribution in [-0.4, -0.2) is 24.9 Å². The van der Waals surface area contributed by atoms with Gasteiger partial charge in [-0.25, -0.2) is 0 Å². The first kappa shape index (κ1) is 16.2. The predicted octanol–water partition coefficient (Wildman–Crippen LogP) is 2.54. The van der Waals surface area contributed by atoms with Gasteiger partial charge in [-0.15, -0.1) is 0 Å². The van der Waals surface area contributed by atoms with E-state index in [0.717, 1.165) is 13.0 Å². The fourth-order valence-corrected chi connectivity index (χ4v) is 2.18. The molecule has 0 saturated heterocycles. The Morgan fingerprint density at radius 3 is 2.26 bits per heavy atom. The van der Waals surface area contributed by atoms with Crippen LogP contribution >= 0.6 is 0 Å². The predicted molar refractivity (Wildman–Crippen MR) is 81.3 cm³/mol. The van der Waals surface area contributed by atoms with Crippen molar-refractivity contribution in [1.29, 1.82) is 0 Å². The minimum absolute atomic E-state index is 0.00310. The molecular weight excluding hydrogens is 236 g/mol. The van der Waals surface area contributed by atoms with E-state index in [2.05, 4.69) is 58.1 Å². The van der Waals surface area contributed by atoms with Gasteiger partial charge in [-0.05, 0) is 51.3 Å². The summed E-state index contributed by atoms with van der Waals surface area (Å²) >= 11 is 0. The average molecular weight is 264 g/mol. The Bertz CT molecular complexity index is 376. The van der Waals surface area contributed by atoms with Gasteiger partial charge in [0.05, 0.1) is 5.60 Å². The summed E-state index contributed by atoms with van der Waals surface area (Å²) < 4.78 is 6.09. The second kappa shape index (κ2) is 7.04. The van der Waals surface area contributed by atoms with Crippen molar-refractivity contribution in [2.24, 2.45) is 5.73 Å². The number of benzene rings is 1. The van der Waals surface area contributed by atoms with E-state index in [1.165, 1.54) is 16.7 Å². The summed E-state index contributed by atoms with van der Waals surface area (Å²) in [5.74, 6) is 0. The van der Waals surface area contributed by atoms with Crippen molar-refractivity contribution in [3.63, 3.8) is 0 Å². The van der Waals surface area contributed by atoms with Crippen LogP contribution in [0.2, 0.25) is 0 Å². The van der Waals surface area contributed by atoms with Crippen LogP contribution in [-0.2, 0) is 11.2 Å². The van der Waals surface area contributed by atoms with Crippen molar-refractivity contribution in [2.45, 2.75) is 52.9 Å². The molecule has 0 heterocycles. The maximum absolute atomic E-state index is 6.09. The molecule has 19 heavy (non-hydrogen) atoms. The van der Waals surface area contributed by atoms with Crippen LogP contribution < -0.4 is 11.1 Å². The summed E-state index contributed by atoms with van der Waals surface area (Å²) in [5.41, 5.74) is 9.41. The molecular formula is C16H28N2O. The highest BCUT2D eigenvalue weighted by molar-refractivity contribution is 5.33. The number of hydrogen-bond acceptors (Lipinski definition) is 3. The Labute approximate surface area is 117 Å². The van der Waals surface area contributed by atoms with Crippen molar-refractivity contribution >= 4 is 0 Å². The minimum Gasteiger partial charge on any atom is -0.357 e. The zero-order chi connectivity index (χ0) is 14.5. The fraction of sp³-hybridized carbons (Fsp3) is 0.625. The summed E-state index contributed by atoms with van der Waals surface area (Å²) in [6.45, 7) is 11.9. The van der Waals surface area contributed by atoms with Gasteiger partial charge in [0.15, 0.2) is 0 Å². The molecule has 0 fully saturated rings. The molecule has 1 aromatic carbocycles. The molecule has 0 spiro atoms. The first-order valence-corrected chi connectivity index (χ1v) is 7.00. The van der Waals surface area contributed by atoms with Gasteiger partial charge >= 0.3 is 0 Å². The van der Waals surface area contributed by atoms with Gasteiger partial charge < -0.3 is 10.5 Å². The van der Waals surface area contributed by atoms with Gasteiger partial charge in [0.2, 0.25) is 0 Å². The Balaban J connectivity index is 2.81. The van der Waals surface area contributed by atoms with E-state index in [9.17, 15) is 0 Å². The van der Waals surface area contributed by atoms with Crippen molar-refractivity contribution in [3.8, 4) is 0 Å². The van der Waals surface area contributed by atoms with E-state index in [-0.39, 0.29) is 11.8 Å². The van der Waals surface area contributed by atoms with Crippen LogP contribution in [0.4, 0.5) is 0 Å². The molecule has 1 rings (SSSR count). The summed E-state index contributed by atoms with van der Waals surface area (Å²) in [6.07, 6.45) is 0.874. The zero-order valence-electron chi connectivity index (χ0n) is 12.9. The summed E-state index contributed by atoms with van der Waals surface area (Å²) in [4.78, 5) is 0. The van der Waals surface area contributed by atoms with Gasteiger partial charge in [0, 0.05) is 19.5 Å². The third-order valence-corrected chi connectivity index (χ3v) is 3.05. The van der Waals surface area contributed by atoms with Crippen LogP contribution in [0.3, 0.4) is 0 Å². The minimum atomic E-state index is -0.164. The van der Waals surface area contributed by atoms with Crippen LogP contribution in [0.1, 0.15) is 37.5 Å². The SMILES string of the molecule is Cc1cccc(C)c1C[C@@H](NCCN)OC(C)(C)C. The van der Waals surface area contributed by atoms with E-state index in [0.29, 0.717) is 6.54 Å². The van der Waals surface area contributed by atoms with Crippen molar-refractivity contribution < 1.29 is 4.74 Å². The third kappa shape index (κ3) is 5.72. The van der Waals surface area contributed by atoms with Gasteiger partial charge in [-0.3, -0.25) is 5.32 Å². The highest BCUT2D eigenvalue weighted by atomic mass is 16.5. The van der Waals surface area contributed by atoms with E-state index in [1.54, 1.807) is 0 Å². The first-order valence-electron chi connectivity index (χ1n) is 7.00. The lowest BCUT2D eigenvalue weighted by Gasteiger charge is -2.29. The molecule has 108 valence electrons. The number of ether oxygens (including phenoxy) is 1. The Morgan fingerprint density at radius 2 is 1.79 bits per heavy atom. The monoisotopic (exact) mass is 264 g/mol. The molecule has 0 radical (unpaired) electrons. The van der Waals surface area contributed by atoms with E-state index in [1.807, 2.05) is 0 Å². The fourth-order valence-electron chi connectivity index (χ4n) is 2.18. The van der Waals surface area contributed by atoms with Crippen LogP contribution in [0.25, 0.3) is 0 Å². The number of rotatable bonds is 6. The Morgan fingerprint density at radius 1 is 1.21 bits per heavy atom. The van der Waals surface area contributed by atoms with Crippen LogP contribution in [0, 0.1) is 13.8 Å². The number of nitrogens with one attached hydrogen (secondary N) is 1. The molecule has 0 unspecified atom stereocenters. The Hall–Kier alpha value is -0.900. The second-order valence-electron chi connectivity index (χ2n) is 6.04. The molecule has 0 aliphatic heterocycles. The normalized spacial score (nSPS) is 13.6. The molecule has 0 amide bonds. The summed E-state index contributed by atoms with van der Waals surface area (Å²) in [5, 5.41) is 3.38. The highest BCUT2D eigenvalue weighted by Crippen LogP contribution is 2.18. The zero-order valence-corrected chi connectivity index (χ0v) is 12.9. The van der Waals surface area contributed by atoms with E-state index >= 15 is 0 Å². The number of aryl methyl sites for hydroxylation is 2. The molecule has 0 bridgehead atoms. The Kier molecular flexibility index (Phi) is 5.98. The first-order chi connectivity index (χ1) is 8.83. The molecule has 0 saturated carbocycles. The summed E-state index contributed by atoms with van der Waals surface area (Å²) in [7, 11) is 0. The van der Waals surface area contributed by atoms with Crippen molar-refractivity contribution in [2.75, 3.05) is 13.1 Å². The van der Waals surface area contributed by atoms with Gasteiger partial charge in [0.1, 0.15) is 6.23 Å². The molecule has 0 aliphatic rings. The molecule has 3 N–H and O–H groups in total. The smallest absolute Gasteiger partial charge is 0.112 e. The molecule has 3 nitrogen and oxygen atoms in total. The van der Waals surface area contributed by atoms with E-state index < -0.39 is 0 Å². The number of nitrogens with two attached hydrogens (primary N) is 1. The standard InChI is InChI=1S/C16H28N2O/c1-12-7-6-8-13(2)14(12)11-15(18-10-9-17)19-16(3,4)5/h6-8,15,18H,9-11,17H2,1-5H3/t15-/m0/s1. The molecule has 1 aromatic rings. The topological polar surface area (TPSA) is 47.3 Å². The van der Waals surface area contributed by atoms with Gasteiger partial charge in [-0.2, -0.15) is 0 Å². The molecule has 0 aromatic heterocycles. The van der Waals surface area contributed by atoms with Crippen LogP contribution in [0.5, 0.6) is 0 Å². The quantitative estimate of drug-likeness (QED) is 0.776. The van der Waals surface area contributed by atoms with Crippen molar-refractivity contribution in [1.82, 2.24) is 5.32 Å². The average Bonchev–Trinajstić information content (AvgIpc) is 2.29. The summed E-state index contributed by atoms with van der Waals surface area (Å²) in [6, 6.07) is 6.40. The highest BCUT2D eigenvalue weighted by Gasteiger charge is 2.19.